The molecule has 7 aromatic rings. The summed E-state index contributed by atoms with van der Waals surface area (Å²) in [6.07, 6.45) is 0.0285. The van der Waals surface area contributed by atoms with E-state index in [4.69, 9.17) is 4.74 Å². The van der Waals surface area contributed by atoms with Crippen LogP contribution >= 0.6 is 23.5 Å². The summed E-state index contributed by atoms with van der Waals surface area (Å²) in [5, 5.41) is 57.4. The van der Waals surface area contributed by atoms with E-state index < -0.39 is 68.5 Å². The minimum Gasteiger partial charge on any atom is -0.493 e. The van der Waals surface area contributed by atoms with Crippen molar-refractivity contribution in [1.82, 2.24) is 9.38 Å². The van der Waals surface area contributed by atoms with Crippen LogP contribution in [-0.2, 0) is 40.5 Å². The van der Waals surface area contributed by atoms with Gasteiger partial charge in [0, 0.05) is 21.4 Å². The minimum absolute atomic E-state index is 0.0153. The van der Waals surface area contributed by atoms with Gasteiger partial charge in [-0.2, -0.15) is 59.4 Å². The molecule has 0 saturated carbocycles. The number of hydrogen-bond donors (Lipinski definition) is 5. The van der Waals surface area contributed by atoms with Crippen molar-refractivity contribution in [2.75, 3.05) is 35.4 Å². The first-order chi connectivity index (χ1) is 37.7. The Balaban J connectivity index is 1.26. The first kappa shape index (κ1) is 60.5. The number of benzene rings is 5. The summed E-state index contributed by atoms with van der Waals surface area (Å²) in [5.74, 6) is -1.72. The fourth-order valence-electron chi connectivity index (χ4n) is 7.50. The molecule has 31 heteroatoms. The number of rotatable bonds is 24. The molecule has 420 valence electrons. The highest BCUT2D eigenvalue weighted by molar-refractivity contribution is 7.99. The zero-order chi connectivity index (χ0) is 58.2. The van der Waals surface area contributed by atoms with Crippen molar-refractivity contribution in [3.63, 3.8) is 0 Å². The number of thioether (sulfide) groups is 2. The molecule has 0 spiro atoms. The molecule has 5 aromatic carbocycles. The maximum Gasteiger partial charge on any atom is 0.294 e. The second-order valence-corrected chi connectivity index (χ2v) is 26.0. The molecule has 0 aliphatic heterocycles. The van der Waals surface area contributed by atoms with E-state index in [1.807, 2.05) is 31.2 Å². The topological polar surface area (TPSA) is 387 Å². The fourth-order valence-corrected chi connectivity index (χ4v) is 11.8. The second-order valence-electron chi connectivity index (χ2n) is 17.6. The molecule has 0 unspecified atom stereocenters. The van der Waals surface area contributed by atoms with Crippen molar-refractivity contribution in [2.24, 2.45) is 40.9 Å². The average molecular weight is 1210 g/mol. The number of nitrogens with zero attached hydrogens (tertiary/aromatic N) is 11. The van der Waals surface area contributed by atoms with Crippen molar-refractivity contribution >= 4 is 126 Å². The third kappa shape index (κ3) is 16.3. The number of pyridine rings is 1. The lowest BCUT2D eigenvalue weighted by Gasteiger charge is -2.12. The number of azo groups is 4. The van der Waals surface area contributed by atoms with Gasteiger partial charge in [-0.25, -0.2) is 4.98 Å². The van der Waals surface area contributed by atoms with E-state index in [9.17, 15) is 62.3 Å². The molecule has 0 aliphatic carbocycles. The molecule has 0 aliphatic rings. The molecule has 80 heavy (non-hydrogen) atoms. The van der Waals surface area contributed by atoms with Crippen LogP contribution in [0.15, 0.2) is 141 Å². The largest absolute Gasteiger partial charge is 0.493 e. The highest BCUT2D eigenvalue weighted by Gasteiger charge is 2.23. The Bertz CT molecular complexity index is 4170. The number of nitriles is 1. The molecule has 7 rings (SSSR count). The van der Waals surface area contributed by atoms with Gasteiger partial charge in [0.05, 0.1) is 73.9 Å². The Labute approximate surface area is 468 Å². The SMILES string of the molecule is Cc1cc(N=Nc2cc(SCCCS(=O)(=O)O)c(N=Nc3cc(OCCCS(=O)(=O)O)c(N=Nc4c(C)c(C#N)c5nc6ccc(S(=O)(=O)O)cc6n5c4O)cc3C)cc2C)c(SCCCS(=O)(=O)O)cc1N=Nc1ccccc1. The Kier molecular flexibility index (Phi) is 19.3. The first-order valence-electron chi connectivity index (χ1n) is 23.6. The molecule has 0 fully saturated rings. The zero-order valence-electron chi connectivity index (χ0n) is 42.7. The van der Waals surface area contributed by atoms with E-state index >= 15 is 0 Å². The van der Waals surface area contributed by atoms with Crippen molar-refractivity contribution < 1.29 is 61.7 Å². The van der Waals surface area contributed by atoms with Gasteiger partial charge in [0.25, 0.3) is 40.5 Å². The maximum absolute atomic E-state index is 12.0. The molecule has 0 saturated heterocycles. The van der Waals surface area contributed by atoms with Gasteiger partial charge in [0.15, 0.2) is 11.3 Å². The molecule has 2 heterocycles. The average Bonchev–Trinajstić information content (AvgIpc) is 4.03. The number of imidazole rings is 1. The van der Waals surface area contributed by atoms with Gasteiger partial charge < -0.3 is 9.84 Å². The summed E-state index contributed by atoms with van der Waals surface area (Å²) in [6.45, 7) is 6.44. The minimum atomic E-state index is -4.69. The second kappa shape index (κ2) is 25.6. The van der Waals surface area contributed by atoms with Crippen LogP contribution < -0.4 is 4.74 Å². The number of fused-ring (bicyclic) bond motifs is 3. The molecular formula is C49H49N11O14S6. The summed E-state index contributed by atoms with van der Waals surface area (Å²) in [4.78, 5) is 4.95. The predicted molar refractivity (Wildman–Crippen MR) is 300 cm³/mol. The molecule has 25 nitrogen and oxygen atoms in total. The Morgan fingerprint density at radius 2 is 1.07 bits per heavy atom. The third-order valence-corrected chi connectivity index (χ3v) is 17.0. The molecule has 0 radical (unpaired) electrons. The van der Waals surface area contributed by atoms with Gasteiger partial charge in [0.1, 0.15) is 23.1 Å². The normalized spacial score (nSPS) is 12.8. The lowest BCUT2D eigenvalue weighted by atomic mass is 10.1. The Hall–Kier alpha value is -7.12. The number of aryl methyl sites for hydroxylation is 3. The van der Waals surface area contributed by atoms with Gasteiger partial charge in [-0.1, -0.05) is 18.2 Å². The molecule has 0 bridgehead atoms. The zero-order valence-corrected chi connectivity index (χ0v) is 47.6. The van der Waals surface area contributed by atoms with E-state index in [2.05, 4.69) is 45.9 Å². The summed E-state index contributed by atoms with van der Waals surface area (Å²) < 4.78 is 138. The summed E-state index contributed by atoms with van der Waals surface area (Å²) in [5.41, 5.74) is 4.24. The standard InChI is InChI=1S/C49H49N11O14S6/c1-29-21-40(56-59-47-32(4)35(28-50)48-51-36-14-13-34(80(71,72)73)24-43(36)60(48)49(47)61)44(74-15-8-18-77(62,63)64)25-37(29)54-57-41-23-31(3)39(27-46(41)76-17-10-20-79(68,69)70)55-58-42-22-30(2)38(53-52-33-11-6-5-7-12-33)26-45(42)75-16-9-19-78(65,66)67/h5-7,11-14,21-27,61H,8-10,15-20H2,1-4H3,(H,62,63,64)(H,65,66,67)(H,68,69,70)(H,71,72,73). The lowest BCUT2D eigenvalue weighted by Crippen LogP contribution is -2.08. The Morgan fingerprint density at radius 1 is 0.588 bits per heavy atom. The van der Waals surface area contributed by atoms with Crippen LogP contribution in [-0.4, -0.2) is 102 Å². The highest BCUT2D eigenvalue weighted by Crippen LogP contribution is 2.44. The van der Waals surface area contributed by atoms with Crippen LogP contribution in [0.3, 0.4) is 0 Å². The number of ether oxygens (including phenoxy) is 1. The van der Waals surface area contributed by atoms with Gasteiger partial charge in [-0.15, -0.1) is 44.0 Å². The molecule has 0 amide bonds. The van der Waals surface area contributed by atoms with Crippen molar-refractivity contribution in [3.05, 3.63) is 113 Å². The van der Waals surface area contributed by atoms with Gasteiger partial charge >= 0.3 is 0 Å². The van der Waals surface area contributed by atoms with E-state index in [0.717, 1.165) is 16.5 Å². The Morgan fingerprint density at radius 3 is 1.60 bits per heavy atom. The number of aromatic hydroxyl groups is 1. The third-order valence-electron chi connectivity index (χ3n) is 11.5. The van der Waals surface area contributed by atoms with Crippen molar-refractivity contribution in [3.8, 4) is 17.7 Å². The van der Waals surface area contributed by atoms with Gasteiger partial charge in [0.2, 0.25) is 5.88 Å². The monoisotopic (exact) mass is 1210 g/mol. The lowest BCUT2D eigenvalue weighted by molar-refractivity contribution is 0.317. The number of aromatic nitrogens is 2. The molecule has 5 N–H and O–H groups in total. The summed E-state index contributed by atoms with van der Waals surface area (Å²) >= 11 is 2.48. The van der Waals surface area contributed by atoms with Crippen LogP contribution in [0.2, 0.25) is 0 Å². The van der Waals surface area contributed by atoms with Crippen LogP contribution in [0.25, 0.3) is 16.7 Å². The smallest absolute Gasteiger partial charge is 0.294 e. The molecular weight excluding hydrogens is 1160 g/mol. The number of hydrogen-bond acceptors (Lipinski definition) is 22. The van der Waals surface area contributed by atoms with Crippen LogP contribution in [0, 0.1) is 39.0 Å². The van der Waals surface area contributed by atoms with E-state index in [0.29, 0.717) is 60.7 Å². The van der Waals surface area contributed by atoms with Gasteiger partial charge in [-0.3, -0.25) is 22.6 Å². The molecule has 2 aromatic heterocycles. The van der Waals surface area contributed by atoms with Gasteiger partial charge in [-0.05, 0) is 136 Å². The van der Waals surface area contributed by atoms with Crippen LogP contribution in [0.4, 0.5) is 45.5 Å². The predicted octanol–water partition coefficient (Wildman–Crippen LogP) is 12.6. The van der Waals surface area contributed by atoms with E-state index in [1.54, 1.807) is 50.2 Å². The maximum atomic E-state index is 12.0. The summed E-state index contributed by atoms with van der Waals surface area (Å²) in [6, 6.07) is 24.3. The first-order valence-corrected chi connectivity index (χ1v) is 31.9. The van der Waals surface area contributed by atoms with E-state index in [-0.39, 0.29) is 82.2 Å². The van der Waals surface area contributed by atoms with Crippen molar-refractivity contribution in [1.29, 1.82) is 5.26 Å². The quantitative estimate of drug-likeness (QED) is 0.0162. The molecule has 0 atom stereocenters. The highest BCUT2D eigenvalue weighted by atomic mass is 32.2. The van der Waals surface area contributed by atoms with Crippen LogP contribution in [0.1, 0.15) is 47.1 Å². The van der Waals surface area contributed by atoms with E-state index in [1.165, 1.54) is 48.6 Å². The van der Waals surface area contributed by atoms with Crippen molar-refractivity contribution in [2.45, 2.75) is 61.6 Å². The fraction of sp³-hybridized carbons (Fsp3) is 0.265. The summed E-state index contributed by atoms with van der Waals surface area (Å²) in [7, 11) is -17.5. The van der Waals surface area contributed by atoms with Crippen LogP contribution in [0.5, 0.6) is 11.6 Å².